The number of carbonyl (C=O) groups is 1. The van der Waals surface area contributed by atoms with Crippen LogP contribution in [-0.2, 0) is 0 Å². The Balaban J connectivity index is 3.19. The van der Waals surface area contributed by atoms with Gasteiger partial charge in [0.25, 0.3) is 0 Å². The van der Waals surface area contributed by atoms with Crippen molar-refractivity contribution >= 4 is 40.6 Å². The molecular formula is C10H7Cl3O. The molecule has 74 valence electrons. The highest BCUT2D eigenvalue weighted by atomic mass is 35.5. The summed E-state index contributed by atoms with van der Waals surface area (Å²) in [6.07, 6.45) is 3.09. The Morgan fingerprint density at radius 3 is 2.14 bits per heavy atom. The predicted octanol–water partition coefficient (Wildman–Crippen LogP) is 4.41. The summed E-state index contributed by atoms with van der Waals surface area (Å²) in [4.78, 5) is 11.4. The van der Waals surface area contributed by atoms with Crippen molar-refractivity contribution < 1.29 is 4.79 Å². The number of rotatable bonds is 2. The third kappa shape index (κ3) is 2.50. The fraction of sp³-hybridized carbons (Fsp3) is 0.100. The molecule has 0 fully saturated rings. The van der Waals surface area contributed by atoms with Gasteiger partial charge in [0, 0.05) is 5.56 Å². The molecule has 1 aromatic carbocycles. The molecule has 0 aliphatic carbocycles. The Labute approximate surface area is 97.3 Å². The van der Waals surface area contributed by atoms with E-state index in [-0.39, 0.29) is 20.9 Å². The Hall–Kier alpha value is -0.500. The SMILES string of the molecule is CC=CC(=O)c1cc(Cl)c(Cl)c(Cl)c1. The fourth-order valence-corrected chi connectivity index (χ4v) is 1.54. The van der Waals surface area contributed by atoms with Gasteiger partial charge >= 0.3 is 0 Å². The summed E-state index contributed by atoms with van der Waals surface area (Å²) < 4.78 is 0. The summed E-state index contributed by atoms with van der Waals surface area (Å²) in [6, 6.07) is 3.00. The van der Waals surface area contributed by atoms with E-state index in [9.17, 15) is 4.79 Å². The first-order valence-electron chi connectivity index (χ1n) is 3.88. The summed E-state index contributed by atoms with van der Waals surface area (Å²) >= 11 is 17.3. The topological polar surface area (TPSA) is 17.1 Å². The minimum absolute atomic E-state index is 0.145. The second-order valence-electron chi connectivity index (χ2n) is 2.62. The van der Waals surface area contributed by atoms with Crippen LogP contribution in [0.2, 0.25) is 15.1 Å². The highest BCUT2D eigenvalue weighted by Crippen LogP contribution is 2.31. The van der Waals surface area contributed by atoms with Gasteiger partial charge in [-0.3, -0.25) is 4.79 Å². The lowest BCUT2D eigenvalue weighted by molar-refractivity contribution is 0.104. The molecule has 14 heavy (non-hydrogen) atoms. The average molecular weight is 250 g/mol. The van der Waals surface area contributed by atoms with E-state index in [0.717, 1.165) is 0 Å². The van der Waals surface area contributed by atoms with E-state index in [1.807, 2.05) is 0 Å². The lowest BCUT2D eigenvalue weighted by Gasteiger charge is -2.01. The zero-order valence-corrected chi connectivity index (χ0v) is 9.62. The largest absolute Gasteiger partial charge is 0.289 e. The van der Waals surface area contributed by atoms with Crippen LogP contribution in [0.25, 0.3) is 0 Å². The molecule has 1 nitrogen and oxygen atoms in total. The van der Waals surface area contributed by atoms with Crippen molar-refractivity contribution in [2.75, 3.05) is 0 Å². The lowest BCUT2D eigenvalue weighted by Crippen LogP contribution is -1.94. The van der Waals surface area contributed by atoms with Crippen molar-refractivity contribution in [3.05, 3.63) is 44.9 Å². The zero-order chi connectivity index (χ0) is 10.7. The molecule has 0 unspecified atom stereocenters. The molecule has 0 heterocycles. The quantitative estimate of drug-likeness (QED) is 0.431. The maximum Gasteiger partial charge on any atom is 0.185 e. The van der Waals surface area contributed by atoms with Gasteiger partial charge in [-0.2, -0.15) is 0 Å². The molecule has 0 spiro atoms. The van der Waals surface area contributed by atoms with E-state index in [4.69, 9.17) is 34.8 Å². The Bertz CT molecular complexity index is 373. The maximum atomic E-state index is 11.4. The summed E-state index contributed by atoms with van der Waals surface area (Å²) in [5.74, 6) is -0.145. The number of halogens is 3. The van der Waals surface area contributed by atoms with E-state index < -0.39 is 0 Å². The van der Waals surface area contributed by atoms with E-state index in [1.54, 1.807) is 13.0 Å². The van der Waals surface area contributed by atoms with Gasteiger partial charge < -0.3 is 0 Å². The van der Waals surface area contributed by atoms with E-state index >= 15 is 0 Å². The van der Waals surface area contributed by atoms with Crippen LogP contribution >= 0.6 is 34.8 Å². The summed E-state index contributed by atoms with van der Waals surface area (Å²) in [5, 5.41) is 0.837. The molecule has 0 saturated heterocycles. The Morgan fingerprint density at radius 1 is 1.21 bits per heavy atom. The monoisotopic (exact) mass is 248 g/mol. The van der Waals surface area contributed by atoms with Gasteiger partial charge in [-0.1, -0.05) is 40.9 Å². The summed E-state index contributed by atoms with van der Waals surface area (Å²) in [7, 11) is 0. The number of hydrogen-bond donors (Lipinski definition) is 0. The van der Waals surface area contributed by atoms with Crippen molar-refractivity contribution in [2.45, 2.75) is 6.92 Å². The second-order valence-corrected chi connectivity index (χ2v) is 3.81. The molecular weight excluding hydrogens is 242 g/mol. The molecule has 4 heteroatoms. The first-order chi connectivity index (χ1) is 6.56. The number of benzene rings is 1. The van der Waals surface area contributed by atoms with E-state index in [2.05, 4.69) is 0 Å². The minimum Gasteiger partial charge on any atom is -0.289 e. The van der Waals surface area contributed by atoms with E-state index in [1.165, 1.54) is 18.2 Å². The lowest BCUT2D eigenvalue weighted by atomic mass is 10.1. The van der Waals surface area contributed by atoms with Crippen molar-refractivity contribution in [3.63, 3.8) is 0 Å². The molecule has 1 rings (SSSR count). The number of ketones is 1. The standard InChI is InChI=1S/C10H7Cl3O/c1-2-3-9(14)6-4-7(11)10(13)8(12)5-6/h2-5H,1H3. The molecule has 0 aliphatic rings. The summed E-state index contributed by atoms with van der Waals surface area (Å²) in [6.45, 7) is 1.76. The van der Waals surface area contributed by atoms with Gasteiger partial charge in [0.15, 0.2) is 5.78 Å². The summed E-state index contributed by atoms with van der Waals surface area (Å²) in [5.41, 5.74) is 0.433. The van der Waals surface area contributed by atoms with Crippen LogP contribution in [0.15, 0.2) is 24.3 Å². The molecule has 0 radical (unpaired) electrons. The Kier molecular flexibility index (Phi) is 3.99. The van der Waals surface area contributed by atoms with Gasteiger partial charge in [-0.05, 0) is 25.1 Å². The molecule has 0 saturated carbocycles. The normalized spacial score (nSPS) is 10.9. The molecule has 0 aromatic heterocycles. The van der Waals surface area contributed by atoms with Crippen LogP contribution in [0.1, 0.15) is 17.3 Å². The fourth-order valence-electron chi connectivity index (χ4n) is 0.945. The van der Waals surface area contributed by atoms with Crippen LogP contribution in [0.3, 0.4) is 0 Å². The minimum atomic E-state index is -0.145. The van der Waals surface area contributed by atoms with Gasteiger partial charge in [0.1, 0.15) is 0 Å². The zero-order valence-electron chi connectivity index (χ0n) is 7.35. The average Bonchev–Trinajstić information content (AvgIpc) is 2.13. The molecule has 0 atom stereocenters. The molecule has 1 aromatic rings. The van der Waals surface area contributed by atoms with Crippen molar-refractivity contribution in [1.82, 2.24) is 0 Å². The number of allylic oxidation sites excluding steroid dienone is 2. The van der Waals surface area contributed by atoms with Crippen LogP contribution in [-0.4, -0.2) is 5.78 Å². The predicted molar refractivity (Wildman–Crippen MR) is 60.6 cm³/mol. The molecule has 0 N–H and O–H groups in total. The first-order valence-corrected chi connectivity index (χ1v) is 5.01. The van der Waals surface area contributed by atoms with Gasteiger partial charge in [-0.25, -0.2) is 0 Å². The van der Waals surface area contributed by atoms with Gasteiger partial charge in [-0.15, -0.1) is 0 Å². The van der Waals surface area contributed by atoms with Crippen molar-refractivity contribution in [1.29, 1.82) is 0 Å². The smallest absolute Gasteiger partial charge is 0.185 e. The van der Waals surface area contributed by atoms with Crippen molar-refractivity contribution in [2.24, 2.45) is 0 Å². The maximum absolute atomic E-state index is 11.4. The highest BCUT2D eigenvalue weighted by Gasteiger charge is 2.09. The van der Waals surface area contributed by atoms with Crippen LogP contribution < -0.4 is 0 Å². The molecule has 0 bridgehead atoms. The number of hydrogen-bond acceptors (Lipinski definition) is 1. The third-order valence-electron chi connectivity index (χ3n) is 1.59. The highest BCUT2D eigenvalue weighted by molar-refractivity contribution is 6.48. The third-order valence-corrected chi connectivity index (χ3v) is 2.78. The number of carbonyl (C=O) groups excluding carboxylic acids is 1. The van der Waals surface area contributed by atoms with Gasteiger partial charge in [0.05, 0.1) is 15.1 Å². The van der Waals surface area contributed by atoms with Crippen molar-refractivity contribution in [3.8, 4) is 0 Å². The second kappa shape index (κ2) is 4.83. The van der Waals surface area contributed by atoms with Gasteiger partial charge in [0.2, 0.25) is 0 Å². The Morgan fingerprint density at radius 2 is 1.71 bits per heavy atom. The van der Waals surface area contributed by atoms with Crippen LogP contribution in [0.5, 0.6) is 0 Å². The first kappa shape index (κ1) is 11.6. The van der Waals surface area contributed by atoms with E-state index in [0.29, 0.717) is 5.56 Å². The van der Waals surface area contributed by atoms with Crippen LogP contribution in [0, 0.1) is 0 Å². The molecule has 0 aliphatic heterocycles. The van der Waals surface area contributed by atoms with Crippen LogP contribution in [0.4, 0.5) is 0 Å². The molecule has 0 amide bonds.